The first-order chi connectivity index (χ1) is 11.0. The maximum atomic E-state index is 12.5. The second kappa shape index (κ2) is 9.73. The van der Waals surface area contributed by atoms with Crippen molar-refractivity contribution < 1.29 is 21.1 Å². The van der Waals surface area contributed by atoms with Crippen LogP contribution in [0.2, 0.25) is 0 Å². The van der Waals surface area contributed by atoms with Gasteiger partial charge in [0.2, 0.25) is 0 Å². The van der Waals surface area contributed by atoms with Gasteiger partial charge in [0, 0.05) is 0 Å². The summed E-state index contributed by atoms with van der Waals surface area (Å²) in [5, 5.41) is 0. The van der Waals surface area contributed by atoms with Gasteiger partial charge in [0.15, 0.2) is 0 Å². The fraction of sp³-hybridized carbons (Fsp3) is 1.00. The SMILES string of the molecule is CCCCOS(=O)(=O)OP(OCCCC)(N(C)C)(N(C)C)N(C)C. The third kappa shape index (κ3) is 5.08. The molecule has 0 aliphatic rings. The van der Waals surface area contributed by atoms with Gasteiger partial charge >= 0.3 is 148 Å². The van der Waals surface area contributed by atoms with Gasteiger partial charge in [-0.3, -0.25) is 0 Å². The van der Waals surface area contributed by atoms with Crippen LogP contribution in [0.5, 0.6) is 0 Å². The third-order valence-electron chi connectivity index (χ3n) is 3.82. The van der Waals surface area contributed by atoms with Gasteiger partial charge in [-0.15, -0.1) is 0 Å². The topological polar surface area (TPSA) is 71.5 Å². The van der Waals surface area contributed by atoms with E-state index in [1.807, 2.05) is 13.8 Å². The summed E-state index contributed by atoms with van der Waals surface area (Å²) in [7, 11) is 2.27. The molecule has 0 spiro atoms. The van der Waals surface area contributed by atoms with Crippen LogP contribution in [0.1, 0.15) is 39.5 Å². The molecule has 8 nitrogen and oxygen atoms in total. The fourth-order valence-electron chi connectivity index (χ4n) is 2.50. The Morgan fingerprint density at radius 1 is 0.792 bits per heavy atom. The molecule has 24 heavy (non-hydrogen) atoms. The van der Waals surface area contributed by atoms with Crippen LogP contribution in [-0.4, -0.2) is 77.9 Å². The van der Waals surface area contributed by atoms with Gasteiger partial charge in [-0.2, -0.15) is 0 Å². The van der Waals surface area contributed by atoms with E-state index in [1.165, 1.54) is 0 Å². The molecule has 148 valence electrons. The molecule has 0 amide bonds. The van der Waals surface area contributed by atoms with E-state index in [4.69, 9.17) is 12.7 Å². The van der Waals surface area contributed by atoms with E-state index in [9.17, 15) is 8.42 Å². The summed E-state index contributed by atoms with van der Waals surface area (Å²) in [6, 6.07) is 0. The average molecular weight is 389 g/mol. The van der Waals surface area contributed by atoms with Gasteiger partial charge in [0.25, 0.3) is 0 Å². The van der Waals surface area contributed by atoms with Crippen LogP contribution >= 0.6 is 7.51 Å². The summed E-state index contributed by atoms with van der Waals surface area (Å²) < 4.78 is 47.1. The van der Waals surface area contributed by atoms with E-state index >= 15 is 0 Å². The van der Waals surface area contributed by atoms with Crippen molar-refractivity contribution in [1.82, 2.24) is 14.0 Å². The van der Waals surface area contributed by atoms with Crippen molar-refractivity contribution in [3.8, 4) is 0 Å². The van der Waals surface area contributed by atoms with E-state index in [-0.39, 0.29) is 6.61 Å². The van der Waals surface area contributed by atoms with Crippen LogP contribution in [-0.2, 0) is 23.1 Å². The Labute approximate surface area is 148 Å². The normalized spacial score (nSPS) is 15.2. The molecule has 0 N–H and O–H groups in total. The summed E-state index contributed by atoms with van der Waals surface area (Å²) in [4.78, 5) is 0. The Hall–Kier alpha value is 0.140. The molecule has 0 bridgehead atoms. The standard InChI is InChI=1S/C14H36N3O5PS/c1-9-11-13-20-23(15(3)4,16(5)6,17(7)8)22-24(18,19)21-14-12-10-2/h9-14H2,1-8H3. The summed E-state index contributed by atoms with van der Waals surface area (Å²) in [6.07, 6.45) is 3.20. The Kier molecular flexibility index (Phi) is 9.79. The molecule has 0 rings (SSSR count). The molecule has 0 unspecified atom stereocenters. The number of nitrogens with zero attached hydrogens (tertiary/aromatic N) is 3. The summed E-state index contributed by atoms with van der Waals surface area (Å²) >= 11 is 0. The van der Waals surface area contributed by atoms with E-state index in [0.29, 0.717) is 13.0 Å². The molecule has 0 heterocycles. The summed E-state index contributed by atoms with van der Waals surface area (Å²) in [5.41, 5.74) is 0. The molecule has 0 saturated heterocycles. The predicted octanol–water partition coefficient (Wildman–Crippen LogP) is 2.69. The molecule has 0 radical (unpaired) electrons. The molecule has 10 heteroatoms. The first kappa shape index (κ1) is 24.1. The summed E-state index contributed by atoms with van der Waals surface area (Å²) in [5.74, 6) is 0. The van der Waals surface area contributed by atoms with Gasteiger partial charge in [0.05, 0.1) is 0 Å². The first-order valence-electron chi connectivity index (χ1n) is 8.31. The number of hydrogen-bond donors (Lipinski definition) is 0. The molecule has 0 atom stereocenters. The van der Waals surface area contributed by atoms with Crippen molar-refractivity contribution >= 4 is 17.9 Å². The van der Waals surface area contributed by atoms with E-state index < -0.39 is 17.9 Å². The van der Waals surface area contributed by atoms with Gasteiger partial charge < -0.3 is 0 Å². The van der Waals surface area contributed by atoms with Crippen molar-refractivity contribution in [2.45, 2.75) is 39.5 Å². The predicted molar refractivity (Wildman–Crippen MR) is 99.7 cm³/mol. The molecule has 0 saturated carbocycles. The van der Waals surface area contributed by atoms with Crippen LogP contribution in [0.25, 0.3) is 0 Å². The van der Waals surface area contributed by atoms with Crippen molar-refractivity contribution in [2.75, 3.05) is 55.5 Å². The van der Waals surface area contributed by atoms with E-state index in [0.717, 1.165) is 19.3 Å². The molecular weight excluding hydrogens is 353 g/mol. The zero-order valence-corrected chi connectivity index (χ0v) is 18.2. The molecule has 0 aromatic rings. The fourth-order valence-corrected chi connectivity index (χ4v) is 9.33. The monoisotopic (exact) mass is 389 g/mol. The molecule has 0 aromatic heterocycles. The average Bonchev–Trinajstić information content (AvgIpc) is 2.45. The van der Waals surface area contributed by atoms with Gasteiger partial charge in [0.1, 0.15) is 0 Å². The Morgan fingerprint density at radius 2 is 1.21 bits per heavy atom. The van der Waals surface area contributed by atoms with Gasteiger partial charge in [-0.05, 0) is 0 Å². The van der Waals surface area contributed by atoms with Crippen LogP contribution < -0.4 is 0 Å². The van der Waals surface area contributed by atoms with Crippen molar-refractivity contribution in [2.24, 2.45) is 0 Å². The van der Waals surface area contributed by atoms with Gasteiger partial charge in [-0.25, -0.2) is 0 Å². The molecular formula is C14H36N3O5PS. The van der Waals surface area contributed by atoms with Crippen LogP contribution in [0.4, 0.5) is 0 Å². The number of rotatable bonds is 13. The Morgan fingerprint density at radius 3 is 1.58 bits per heavy atom. The zero-order chi connectivity index (χ0) is 19.0. The Bertz CT molecular complexity index is 447. The van der Waals surface area contributed by atoms with Crippen LogP contribution in [0.3, 0.4) is 0 Å². The van der Waals surface area contributed by atoms with Crippen molar-refractivity contribution in [1.29, 1.82) is 0 Å². The maximum absolute atomic E-state index is 12.5. The van der Waals surface area contributed by atoms with Gasteiger partial charge in [-0.1, -0.05) is 0 Å². The first-order valence-corrected chi connectivity index (χ1v) is 11.6. The number of hydrogen-bond acceptors (Lipinski definition) is 8. The number of unbranched alkanes of at least 4 members (excludes halogenated alkanes) is 2. The van der Waals surface area contributed by atoms with Crippen molar-refractivity contribution in [3.05, 3.63) is 0 Å². The minimum absolute atomic E-state index is 0.0918. The molecule has 0 aromatic carbocycles. The Balaban J connectivity index is 5.91. The van der Waals surface area contributed by atoms with Crippen molar-refractivity contribution in [3.63, 3.8) is 0 Å². The van der Waals surface area contributed by atoms with Crippen LogP contribution in [0, 0.1) is 0 Å². The minimum atomic E-state index is -4.23. The van der Waals surface area contributed by atoms with Crippen LogP contribution in [0.15, 0.2) is 0 Å². The van der Waals surface area contributed by atoms with E-state index in [2.05, 4.69) is 0 Å². The second-order valence-corrected chi connectivity index (χ2v) is 12.2. The third-order valence-corrected chi connectivity index (χ3v) is 10.8. The molecule has 0 aliphatic carbocycles. The quantitative estimate of drug-likeness (QED) is 0.352. The summed E-state index contributed by atoms with van der Waals surface area (Å²) in [6.45, 7) is 4.48. The second-order valence-electron chi connectivity index (χ2n) is 6.22. The molecule has 0 fully saturated rings. The zero-order valence-electron chi connectivity index (χ0n) is 16.5. The van der Waals surface area contributed by atoms with E-state index in [1.54, 1.807) is 56.3 Å². The molecule has 0 aliphatic heterocycles.